The second-order valence-electron chi connectivity index (χ2n) is 5.91. The number of aromatic nitrogens is 1. The number of nitrogens with two attached hydrogens (primary N) is 1. The van der Waals surface area contributed by atoms with Gasteiger partial charge in [-0.25, -0.2) is 4.98 Å². The predicted molar refractivity (Wildman–Crippen MR) is 86.7 cm³/mol. The van der Waals surface area contributed by atoms with E-state index in [2.05, 4.69) is 16.4 Å². The molecule has 1 heterocycles. The second-order valence-corrected chi connectivity index (χ2v) is 5.91. The molecule has 0 radical (unpaired) electrons. The van der Waals surface area contributed by atoms with Crippen molar-refractivity contribution in [1.82, 2.24) is 4.98 Å². The lowest BCUT2D eigenvalue weighted by molar-refractivity contribution is 0.338. The van der Waals surface area contributed by atoms with Crippen LogP contribution < -0.4 is 15.8 Å². The SMILES string of the molecule is COc1ccc2ccnc(NCC3CCC(N)CC3)c2c1. The van der Waals surface area contributed by atoms with Gasteiger partial charge in [0.15, 0.2) is 0 Å². The van der Waals surface area contributed by atoms with Crippen LogP contribution in [0.3, 0.4) is 0 Å². The van der Waals surface area contributed by atoms with Crippen molar-refractivity contribution in [1.29, 1.82) is 0 Å². The molecular formula is C17H23N3O. The molecule has 1 aromatic heterocycles. The normalized spacial score (nSPS) is 22.2. The van der Waals surface area contributed by atoms with Crippen molar-refractivity contribution in [3.8, 4) is 5.75 Å². The number of ether oxygens (including phenoxy) is 1. The summed E-state index contributed by atoms with van der Waals surface area (Å²) >= 11 is 0. The molecule has 1 fully saturated rings. The summed E-state index contributed by atoms with van der Waals surface area (Å²) in [4.78, 5) is 4.49. The Morgan fingerprint density at radius 3 is 2.81 bits per heavy atom. The molecule has 21 heavy (non-hydrogen) atoms. The van der Waals surface area contributed by atoms with E-state index in [9.17, 15) is 0 Å². The number of nitrogens with one attached hydrogen (secondary N) is 1. The summed E-state index contributed by atoms with van der Waals surface area (Å²) in [6.07, 6.45) is 6.56. The standard InChI is InChI=1S/C17H23N3O/c1-21-15-7-4-13-8-9-19-17(16(13)10-15)20-11-12-2-5-14(18)6-3-12/h4,7-10,12,14H,2-3,5-6,11,18H2,1H3,(H,19,20). The highest BCUT2D eigenvalue weighted by atomic mass is 16.5. The summed E-state index contributed by atoms with van der Waals surface area (Å²) in [6, 6.07) is 8.53. The molecule has 0 unspecified atom stereocenters. The average molecular weight is 285 g/mol. The van der Waals surface area contributed by atoms with Crippen molar-refractivity contribution < 1.29 is 4.74 Å². The van der Waals surface area contributed by atoms with Crippen LogP contribution in [0.4, 0.5) is 5.82 Å². The van der Waals surface area contributed by atoms with Crippen LogP contribution >= 0.6 is 0 Å². The summed E-state index contributed by atoms with van der Waals surface area (Å²) in [5.41, 5.74) is 5.96. The fourth-order valence-electron chi connectivity index (χ4n) is 3.05. The van der Waals surface area contributed by atoms with Crippen LogP contribution in [0, 0.1) is 5.92 Å². The number of hydrogen-bond donors (Lipinski definition) is 2. The molecular weight excluding hydrogens is 262 g/mol. The van der Waals surface area contributed by atoms with Gasteiger partial charge in [-0.15, -0.1) is 0 Å². The molecule has 0 amide bonds. The van der Waals surface area contributed by atoms with Gasteiger partial charge in [-0.2, -0.15) is 0 Å². The quantitative estimate of drug-likeness (QED) is 0.906. The first-order chi connectivity index (χ1) is 10.3. The highest BCUT2D eigenvalue weighted by Crippen LogP contribution is 2.27. The average Bonchev–Trinajstić information content (AvgIpc) is 2.54. The molecule has 112 valence electrons. The highest BCUT2D eigenvalue weighted by Gasteiger charge is 2.18. The molecule has 0 spiro atoms. The van der Waals surface area contributed by atoms with Crippen LogP contribution in [0.5, 0.6) is 5.75 Å². The van der Waals surface area contributed by atoms with Crippen LogP contribution in [0.25, 0.3) is 10.8 Å². The van der Waals surface area contributed by atoms with Gasteiger partial charge < -0.3 is 15.8 Å². The molecule has 1 aliphatic carbocycles. The molecule has 0 bridgehead atoms. The third-order valence-electron chi connectivity index (χ3n) is 4.42. The van der Waals surface area contributed by atoms with Gasteiger partial charge in [0.2, 0.25) is 0 Å². The first kappa shape index (κ1) is 14.1. The van der Waals surface area contributed by atoms with E-state index in [1.807, 2.05) is 24.4 Å². The monoisotopic (exact) mass is 285 g/mol. The molecule has 0 saturated heterocycles. The van der Waals surface area contributed by atoms with Crippen molar-refractivity contribution in [2.24, 2.45) is 11.7 Å². The number of anilines is 1. The zero-order valence-corrected chi connectivity index (χ0v) is 12.5. The van der Waals surface area contributed by atoms with Crippen LogP contribution in [-0.4, -0.2) is 24.7 Å². The van der Waals surface area contributed by atoms with Gasteiger partial charge in [0.05, 0.1) is 7.11 Å². The Bertz CT molecular complexity index is 606. The third-order valence-corrected chi connectivity index (χ3v) is 4.42. The second kappa shape index (κ2) is 6.31. The van der Waals surface area contributed by atoms with E-state index in [0.717, 1.165) is 36.3 Å². The summed E-state index contributed by atoms with van der Waals surface area (Å²) in [6.45, 7) is 0.968. The molecule has 0 aliphatic heterocycles. The number of hydrogen-bond acceptors (Lipinski definition) is 4. The molecule has 4 heteroatoms. The Balaban J connectivity index is 1.74. The molecule has 3 N–H and O–H groups in total. The topological polar surface area (TPSA) is 60.2 Å². The highest BCUT2D eigenvalue weighted by molar-refractivity contribution is 5.92. The van der Waals surface area contributed by atoms with Gasteiger partial charge in [0, 0.05) is 24.2 Å². The Labute approximate surface area is 125 Å². The maximum absolute atomic E-state index is 5.96. The number of rotatable bonds is 4. The van der Waals surface area contributed by atoms with Crippen molar-refractivity contribution >= 4 is 16.6 Å². The first-order valence-corrected chi connectivity index (χ1v) is 7.68. The van der Waals surface area contributed by atoms with Crippen LogP contribution in [0.2, 0.25) is 0 Å². The number of benzene rings is 1. The summed E-state index contributed by atoms with van der Waals surface area (Å²) < 4.78 is 5.31. The van der Waals surface area contributed by atoms with E-state index in [-0.39, 0.29) is 0 Å². The fourth-order valence-corrected chi connectivity index (χ4v) is 3.05. The zero-order chi connectivity index (χ0) is 14.7. The smallest absolute Gasteiger partial charge is 0.133 e. The number of nitrogens with zero attached hydrogens (tertiary/aromatic N) is 1. The van der Waals surface area contributed by atoms with E-state index in [1.54, 1.807) is 7.11 Å². The molecule has 2 aromatic rings. The lowest BCUT2D eigenvalue weighted by Crippen LogP contribution is -2.29. The van der Waals surface area contributed by atoms with Gasteiger partial charge in [0.1, 0.15) is 11.6 Å². The van der Waals surface area contributed by atoms with Crippen LogP contribution in [0.1, 0.15) is 25.7 Å². The summed E-state index contributed by atoms with van der Waals surface area (Å²) in [5.74, 6) is 2.51. The molecule has 3 rings (SSSR count). The van der Waals surface area contributed by atoms with E-state index in [1.165, 1.54) is 18.2 Å². The Hall–Kier alpha value is -1.81. The summed E-state index contributed by atoms with van der Waals surface area (Å²) in [7, 11) is 1.69. The van der Waals surface area contributed by atoms with Gasteiger partial charge in [-0.05, 0) is 55.2 Å². The van der Waals surface area contributed by atoms with Gasteiger partial charge in [-0.1, -0.05) is 6.07 Å². The van der Waals surface area contributed by atoms with Gasteiger partial charge in [-0.3, -0.25) is 0 Å². The number of methoxy groups -OCH3 is 1. The lowest BCUT2D eigenvalue weighted by atomic mass is 9.86. The van der Waals surface area contributed by atoms with Crippen molar-refractivity contribution in [3.05, 3.63) is 30.5 Å². The predicted octanol–water partition coefficient (Wildman–Crippen LogP) is 3.17. The minimum atomic E-state index is 0.404. The fraction of sp³-hybridized carbons (Fsp3) is 0.471. The van der Waals surface area contributed by atoms with Crippen molar-refractivity contribution in [3.63, 3.8) is 0 Å². The maximum atomic E-state index is 5.96. The number of pyridine rings is 1. The van der Waals surface area contributed by atoms with Crippen molar-refractivity contribution in [2.45, 2.75) is 31.7 Å². The largest absolute Gasteiger partial charge is 0.497 e. The Morgan fingerprint density at radius 1 is 1.24 bits per heavy atom. The molecule has 1 saturated carbocycles. The Morgan fingerprint density at radius 2 is 2.05 bits per heavy atom. The molecule has 1 aromatic carbocycles. The van der Waals surface area contributed by atoms with Crippen LogP contribution in [-0.2, 0) is 0 Å². The van der Waals surface area contributed by atoms with E-state index >= 15 is 0 Å². The Kier molecular flexibility index (Phi) is 4.25. The molecule has 0 atom stereocenters. The first-order valence-electron chi connectivity index (χ1n) is 7.68. The summed E-state index contributed by atoms with van der Waals surface area (Å²) in [5, 5.41) is 5.81. The molecule has 1 aliphatic rings. The van der Waals surface area contributed by atoms with E-state index < -0.39 is 0 Å². The third kappa shape index (κ3) is 3.27. The van der Waals surface area contributed by atoms with E-state index in [0.29, 0.717) is 12.0 Å². The molecule has 4 nitrogen and oxygen atoms in total. The minimum absolute atomic E-state index is 0.404. The minimum Gasteiger partial charge on any atom is -0.497 e. The lowest BCUT2D eigenvalue weighted by Gasteiger charge is -2.26. The maximum Gasteiger partial charge on any atom is 0.133 e. The van der Waals surface area contributed by atoms with Crippen LogP contribution in [0.15, 0.2) is 30.5 Å². The van der Waals surface area contributed by atoms with Crippen molar-refractivity contribution in [2.75, 3.05) is 19.0 Å². The van der Waals surface area contributed by atoms with Gasteiger partial charge >= 0.3 is 0 Å². The van der Waals surface area contributed by atoms with E-state index in [4.69, 9.17) is 10.5 Å². The number of fused-ring (bicyclic) bond motifs is 1. The van der Waals surface area contributed by atoms with Gasteiger partial charge in [0.25, 0.3) is 0 Å². The zero-order valence-electron chi connectivity index (χ0n) is 12.5.